The monoisotopic (exact) mass is 452 g/mol. The largest absolute Gasteiger partial charge is 0.416 e. The van der Waals surface area contributed by atoms with E-state index in [-0.39, 0.29) is 45.3 Å². The maximum absolute atomic E-state index is 14.3. The number of nitrogens with zero attached hydrogens (tertiary/aromatic N) is 8. The molecule has 0 N–H and O–H groups in total. The minimum absolute atomic E-state index is 0.0348. The first kappa shape index (κ1) is 25.8. The van der Waals surface area contributed by atoms with E-state index < -0.39 is 30.6 Å². The number of hydrogen-bond acceptors (Lipinski definition) is 9. The third-order valence-electron chi connectivity index (χ3n) is 6.24. The summed E-state index contributed by atoms with van der Waals surface area (Å²) in [6.07, 6.45) is -8.01. The molecule has 0 aliphatic carbocycles. The molecule has 0 aromatic rings. The molecule has 174 valence electrons. The first-order valence-electron chi connectivity index (χ1n) is 10.3. The van der Waals surface area contributed by atoms with E-state index in [1.165, 1.54) is 9.80 Å². The van der Waals surface area contributed by atoms with E-state index in [4.69, 9.17) is 20.5 Å². The average Bonchev–Trinajstić information content (AvgIpc) is 2.73. The Morgan fingerprint density at radius 3 is 2.00 bits per heavy atom. The van der Waals surface area contributed by atoms with Crippen LogP contribution in [0.25, 0.3) is 0 Å². The molecule has 2 fully saturated rings. The van der Waals surface area contributed by atoms with Crippen LogP contribution in [-0.4, -0.2) is 109 Å². The Labute approximate surface area is 186 Å². The predicted molar refractivity (Wildman–Crippen MR) is 106 cm³/mol. The van der Waals surface area contributed by atoms with Gasteiger partial charge in [0, 0.05) is 38.3 Å². The summed E-state index contributed by atoms with van der Waals surface area (Å²) in [6.45, 7) is 3.97. The summed E-state index contributed by atoms with van der Waals surface area (Å²) in [5.41, 5.74) is 0. The van der Waals surface area contributed by atoms with E-state index in [0.717, 1.165) is 0 Å². The summed E-state index contributed by atoms with van der Waals surface area (Å²) in [6, 6.07) is 6.06. The van der Waals surface area contributed by atoms with Crippen LogP contribution in [-0.2, 0) is 4.74 Å². The zero-order chi connectivity index (χ0) is 23.9. The molecule has 0 saturated carbocycles. The summed E-state index contributed by atoms with van der Waals surface area (Å²) in [4.78, 5) is 6.37. The lowest BCUT2D eigenvalue weighted by atomic mass is 9.95. The van der Waals surface area contributed by atoms with Crippen LogP contribution in [0.2, 0.25) is 0 Å². The van der Waals surface area contributed by atoms with E-state index in [9.17, 15) is 18.4 Å². The van der Waals surface area contributed by atoms with Crippen LogP contribution in [0.1, 0.15) is 13.8 Å². The third-order valence-corrected chi connectivity index (χ3v) is 6.24. The molecule has 12 heteroatoms. The van der Waals surface area contributed by atoms with Gasteiger partial charge < -0.3 is 4.74 Å². The minimum atomic E-state index is -4.74. The second kappa shape index (κ2) is 11.4. The number of piperazine rings is 2. The molecular weight excluding hydrogens is 425 g/mol. The summed E-state index contributed by atoms with van der Waals surface area (Å²) < 4.78 is 48.6. The fourth-order valence-corrected chi connectivity index (χ4v) is 4.35. The quantitative estimate of drug-likeness (QED) is 0.515. The molecule has 2 aliphatic rings. The first-order valence-corrected chi connectivity index (χ1v) is 10.3. The smallest absolute Gasteiger partial charge is 0.347 e. The van der Waals surface area contributed by atoms with Crippen molar-refractivity contribution in [2.75, 3.05) is 52.4 Å². The molecule has 32 heavy (non-hydrogen) atoms. The number of rotatable bonds is 7. The second-order valence-corrected chi connectivity index (χ2v) is 8.04. The zero-order valence-corrected chi connectivity index (χ0v) is 18.2. The maximum Gasteiger partial charge on any atom is 0.416 e. The Morgan fingerprint density at radius 2 is 1.44 bits per heavy atom. The van der Waals surface area contributed by atoms with Crippen LogP contribution in [0.5, 0.6) is 0 Å². The molecule has 0 amide bonds. The van der Waals surface area contributed by atoms with Gasteiger partial charge in [0.2, 0.25) is 0 Å². The molecule has 2 saturated heterocycles. The lowest BCUT2D eigenvalue weighted by Crippen LogP contribution is -2.68. The van der Waals surface area contributed by atoms with Gasteiger partial charge in [-0.2, -0.15) is 34.2 Å². The van der Waals surface area contributed by atoms with Gasteiger partial charge in [-0.15, -0.1) is 0 Å². The van der Waals surface area contributed by atoms with Gasteiger partial charge in [-0.25, -0.2) is 0 Å². The molecule has 2 rings (SSSR count). The zero-order valence-electron chi connectivity index (χ0n) is 18.2. The molecule has 5 unspecified atom stereocenters. The highest BCUT2D eigenvalue weighted by Crippen LogP contribution is 2.34. The van der Waals surface area contributed by atoms with E-state index in [0.29, 0.717) is 13.1 Å². The van der Waals surface area contributed by atoms with Crippen LogP contribution < -0.4 is 0 Å². The Hall–Kier alpha value is -2.45. The van der Waals surface area contributed by atoms with Crippen molar-refractivity contribution in [2.24, 2.45) is 0 Å². The number of halogens is 3. The van der Waals surface area contributed by atoms with Crippen molar-refractivity contribution in [3.05, 3.63) is 0 Å². The van der Waals surface area contributed by atoms with Gasteiger partial charge in [0.1, 0.15) is 6.23 Å². The topological polar surface area (TPSA) is 117 Å². The van der Waals surface area contributed by atoms with Crippen molar-refractivity contribution in [3.8, 4) is 24.3 Å². The average molecular weight is 452 g/mol. The van der Waals surface area contributed by atoms with Crippen molar-refractivity contribution in [3.63, 3.8) is 0 Å². The Balaban J connectivity index is 2.37. The van der Waals surface area contributed by atoms with Crippen molar-refractivity contribution in [1.29, 1.82) is 21.0 Å². The summed E-state index contributed by atoms with van der Waals surface area (Å²) in [7, 11) is 0. The summed E-state index contributed by atoms with van der Waals surface area (Å²) in [5, 5.41) is 36.5. The van der Waals surface area contributed by atoms with E-state index >= 15 is 0 Å². The molecule has 2 heterocycles. The molecule has 2 aliphatic heterocycles. The number of alkyl halides is 3. The molecule has 9 nitrogen and oxygen atoms in total. The molecular formula is C20H27F3N8O. The Morgan fingerprint density at radius 1 is 0.844 bits per heavy atom. The molecule has 0 radical (unpaired) electrons. The highest BCUT2D eigenvalue weighted by atomic mass is 19.4. The van der Waals surface area contributed by atoms with Crippen molar-refractivity contribution < 1.29 is 17.9 Å². The molecule has 5 atom stereocenters. The lowest BCUT2D eigenvalue weighted by Gasteiger charge is -2.51. The van der Waals surface area contributed by atoms with Gasteiger partial charge in [-0.05, 0) is 13.8 Å². The standard InChI is InChI=1S/C20H27F3N8O/c1-15-16(2)31(10-6-27)17(13-30(15)9-5-26)19(20(21,22)23)32-18-14-28(7-3-24)11-12-29(18)8-4-25/h15-19H,7-14H2,1-2H3. The molecule has 0 aromatic carbocycles. The third kappa shape index (κ3) is 6.07. The number of nitriles is 4. The van der Waals surface area contributed by atoms with Crippen LogP contribution in [0.4, 0.5) is 13.2 Å². The first-order chi connectivity index (χ1) is 15.2. The SMILES string of the molecule is CC1C(C)N(CC#N)C(C(OC2CN(CC#N)CCN2CC#N)C(F)(F)F)CN1CC#N. The Bertz CT molecular complexity index is 795. The van der Waals surface area contributed by atoms with Gasteiger partial charge >= 0.3 is 6.18 Å². The van der Waals surface area contributed by atoms with Gasteiger partial charge in [0.15, 0.2) is 6.10 Å². The summed E-state index contributed by atoms with van der Waals surface area (Å²) in [5.74, 6) is 0. The highest BCUT2D eigenvalue weighted by molar-refractivity contribution is 5.02. The fraction of sp³-hybridized carbons (Fsp3) is 0.800. The molecule has 0 aromatic heterocycles. The van der Waals surface area contributed by atoms with Crippen LogP contribution in [0.15, 0.2) is 0 Å². The van der Waals surface area contributed by atoms with E-state index in [1.807, 2.05) is 31.2 Å². The van der Waals surface area contributed by atoms with Crippen LogP contribution >= 0.6 is 0 Å². The minimum Gasteiger partial charge on any atom is -0.347 e. The highest BCUT2D eigenvalue weighted by Gasteiger charge is 2.53. The summed E-state index contributed by atoms with van der Waals surface area (Å²) >= 11 is 0. The number of hydrogen-bond donors (Lipinski definition) is 0. The lowest BCUT2D eigenvalue weighted by molar-refractivity contribution is -0.277. The van der Waals surface area contributed by atoms with Crippen molar-refractivity contribution >= 4 is 0 Å². The molecule has 0 spiro atoms. The van der Waals surface area contributed by atoms with Crippen LogP contribution in [0, 0.1) is 45.3 Å². The van der Waals surface area contributed by atoms with Gasteiger partial charge in [-0.1, -0.05) is 0 Å². The van der Waals surface area contributed by atoms with Crippen LogP contribution in [0.3, 0.4) is 0 Å². The van der Waals surface area contributed by atoms with Crippen molar-refractivity contribution in [2.45, 2.75) is 50.5 Å². The van der Waals surface area contributed by atoms with Gasteiger partial charge in [0.25, 0.3) is 0 Å². The normalized spacial score (nSPS) is 29.4. The van der Waals surface area contributed by atoms with E-state index in [2.05, 4.69) is 0 Å². The number of ether oxygens (including phenoxy) is 1. The van der Waals surface area contributed by atoms with Gasteiger partial charge in [0.05, 0.1) is 56.5 Å². The van der Waals surface area contributed by atoms with Crippen molar-refractivity contribution in [1.82, 2.24) is 19.6 Å². The molecule has 0 bridgehead atoms. The van der Waals surface area contributed by atoms with E-state index in [1.54, 1.807) is 16.7 Å². The predicted octanol–water partition coefficient (Wildman–Crippen LogP) is 0.735. The maximum atomic E-state index is 14.3. The Kier molecular flexibility index (Phi) is 9.21. The second-order valence-electron chi connectivity index (χ2n) is 8.04. The fourth-order valence-electron chi connectivity index (χ4n) is 4.35. The van der Waals surface area contributed by atoms with Gasteiger partial charge in [-0.3, -0.25) is 19.6 Å².